The number of pyridine rings is 2. The second kappa shape index (κ2) is 7.27. The Hall–Kier alpha value is -4.96. The van der Waals surface area contributed by atoms with Crippen molar-refractivity contribution in [2.75, 3.05) is 0 Å². The molecule has 0 fully saturated rings. The number of hydrogen-bond acceptors (Lipinski definition) is 3. The number of para-hydroxylation sites is 2. The van der Waals surface area contributed by atoms with Crippen molar-refractivity contribution in [2.24, 2.45) is 0 Å². The minimum absolute atomic E-state index is 0.881. The molecular formula is C32H19N3O. The molecule has 0 N–H and O–H groups in total. The first-order chi connectivity index (χ1) is 17.9. The summed E-state index contributed by atoms with van der Waals surface area (Å²) < 4.78 is 8.55. The van der Waals surface area contributed by atoms with Crippen LogP contribution in [0.25, 0.3) is 72.4 Å². The zero-order valence-electron chi connectivity index (χ0n) is 19.2. The Morgan fingerprint density at radius 3 is 1.86 bits per heavy atom. The highest BCUT2D eigenvalue weighted by Crippen LogP contribution is 2.47. The lowest BCUT2D eigenvalue weighted by Crippen LogP contribution is -1.98. The predicted octanol–water partition coefficient (Wildman–Crippen LogP) is 8.15. The van der Waals surface area contributed by atoms with E-state index in [4.69, 9.17) is 14.4 Å². The van der Waals surface area contributed by atoms with E-state index in [9.17, 15) is 0 Å². The molecule has 4 nitrogen and oxygen atoms in total. The van der Waals surface area contributed by atoms with Crippen LogP contribution in [-0.4, -0.2) is 14.5 Å². The van der Waals surface area contributed by atoms with E-state index in [0.717, 1.165) is 66.8 Å². The number of benzene rings is 3. The van der Waals surface area contributed by atoms with Gasteiger partial charge in [0, 0.05) is 57.8 Å². The molecule has 0 radical (unpaired) electrons. The largest absolute Gasteiger partial charge is 0.454 e. The number of rotatable bonds is 1. The van der Waals surface area contributed by atoms with Crippen molar-refractivity contribution in [3.8, 4) is 50.5 Å². The zero-order chi connectivity index (χ0) is 23.6. The fraction of sp³-hybridized carbons (Fsp3) is 0. The average Bonchev–Trinajstić information content (AvgIpc) is 3.54. The van der Waals surface area contributed by atoms with Crippen LogP contribution >= 0.6 is 0 Å². The quantitative estimate of drug-likeness (QED) is 0.248. The summed E-state index contributed by atoms with van der Waals surface area (Å²) >= 11 is 0. The molecule has 8 rings (SSSR count). The summed E-state index contributed by atoms with van der Waals surface area (Å²) in [4.78, 5) is 9.58. The Morgan fingerprint density at radius 1 is 0.500 bits per heavy atom. The zero-order valence-corrected chi connectivity index (χ0v) is 19.2. The van der Waals surface area contributed by atoms with E-state index in [1.165, 1.54) is 5.56 Å². The van der Waals surface area contributed by atoms with E-state index in [1.54, 1.807) is 0 Å². The Bertz CT molecular complexity index is 1880. The predicted molar refractivity (Wildman–Crippen MR) is 144 cm³/mol. The van der Waals surface area contributed by atoms with Gasteiger partial charge in [0.15, 0.2) is 5.58 Å². The Morgan fingerprint density at radius 2 is 1.08 bits per heavy atom. The number of hydrogen-bond donors (Lipinski definition) is 0. The molecule has 0 spiro atoms. The van der Waals surface area contributed by atoms with E-state index in [-0.39, 0.29) is 0 Å². The molecule has 1 aliphatic rings. The van der Waals surface area contributed by atoms with E-state index in [0.29, 0.717) is 0 Å². The van der Waals surface area contributed by atoms with Gasteiger partial charge in [0.05, 0.1) is 17.1 Å². The lowest BCUT2D eigenvalue weighted by atomic mass is 9.86. The van der Waals surface area contributed by atoms with Gasteiger partial charge in [-0.05, 0) is 35.4 Å². The minimum Gasteiger partial charge on any atom is -0.454 e. The smallest absolute Gasteiger partial charge is 0.159 e. The van der Waals surface area contributed by atoms with Gasteiger partial charge in [-0.25, -0.2) is 0 Å². The molecule has 0 aliphatic heterocycles. The van der Waals surface area contributed by atoms with E-state index in [1.807, 2.05) is 36.7 Å². The van der Waals surface area contributed by atoms with E-state index in [2.05, 4.69) is 83.7 Å². The van der Waals surface area contributed by atoms with E-state index >= 15 is 0 Å². The molecule has 4 heterocycles. The maximum Gasteiger partial charge on any atom is 0.159 e. The second-order valence-electron chi connectivity index (χ2n) is 9.09. The molecule has 7 aromatic rings. The highest BCUT2D eigenvalue weighted by Gasteiger charge is 2.25. The number of fused-ring (bicyclic) bond motifs is 11. The van der Waals surface area contributed by atoms with Crippen molar-refractivity contribution in [1.29, 1.82) is 0 Å². The fourth-order valence-electron chi connectivity index (χ4n) is 5.53. The van der Waals surface area contributed by atoms with Crippen molar-refractivity contribution in [1.82, 2.24) is 14.5 Å². The van der Waals surface area contributed by atoms with Crippen LogP contribution in [0.4, 0.5) is 0 Å². The Labute approximate surface area is 207 Å². The molecule has 4 heteroatoms. The minimum atomic E-state index is 0.881. The first-order valence-electron chi connectivity index (χ1n) is 12.0. The molecule has 0 saturated heterocycles. The molecule has 1 aliphatic carbocycles. The normalized spacial score (nSPS) is 11.9. The summed E-state index contributed by atoms with van der Waals surface area (Å²) in [5, 5.41) is 2.24. The monoisotopic (exact) mass is 461 g/mol. The van der Waals surface area contributed by atoms with Crippen molar-refractivity contribution >= 4 is 21.9 Å². The molecule has 0 atom stereocenters. The lowest BCUT2D eigenvalue weighted by Gasteiger charge is -2.18. The van der Waals surface area contributed by atoms with Gasteiger partial charge in [-0.3, -0.25) is 9.97 Å². The van der Waals surface area contributed by atoms with Gasteiger partial charge in [-0.2, -0.15) is 0 Å². The first kappa shape index (κ1) is 19.4. The molecular weight excluding hydrogens is 442 g/mol. The van der Waals surface area contributed by atoms with Crippen LogP contribution < -0.4 is 0 Å². The van der Waals surface area contributed by atoms with Crippen LogP contribution in [-0.2, 0) is 0 Å². The highest BCUT2D eigenvalue weighted by molar-refractivity contribution is 6.08. The summed E-state index contributed by atoms with van der Waals surface area (Å²) in [6.45, 7) is 0. The summed E-state index contributed by atoms with van der Waals surface area (Å²) in [6.07, 6.45) is 8.10. The van der Waals surface area contributed by atoms with Crippen molar-refractivity contribution in [2.45, 2.75) is 0 Å². The maximum atomic E-state index is 6.37. The van der Waals surface area contributed by atoms with Crippen LogP contribution in [0, 0.1) is 0 Å². The van der Waals surface area contributed by atoms with Crippen molar-refractivity contribution < 1.29 is 4.42 Å². The lowest BCUT2D eigenvalue weighted by molar-refractivity contribution is 0.665. The summed E-state index contributed by atoms with van der Waals surface area (Å²) in [5.74, 6) is 0. The van der Waals surface area contributed by atoms with E-state index < -0.39 is 0 Å². The van der Waals surface area contributed by atoms with Crippen LogP contribution in [0.15, 0.2) is 120 Å². The van der Waals surface area contributed by atoms with Gasteiger partial charge in [0.25, 0.3) is 0 Å². The number of aromatic nitrogens is 3. The molecule has 4 aromatic heterocycles. The Kier molecular flexibility index (Phi) is 3.91. The third kappa shape index (κ3) is 2.64. The van der Waals surface area contributed by atoms with Gasteiger partial charge < -0.3 is 8.98 Å². The first-order valence-corrected chi connectivity index (χ1v) is 12.0. The topological polar surface area (TPSA) is 43.9 Å². The molecule has 0 unspecified atom stereocenters. The fourth-order valence-corrected chi connectivity index (χ4v) is 5.53. The molecule has 168 valence electrons. The number of furan rings is 1. The average molecular weight is 462 g/mol. The molecule has 3 aromatic carbocycles. The van der Waals surface area contributed by atoms with Gasteiger partial charge in [0.2, 0.25) is 0 Å². The summed E-state index contributed by atoms with van der Waals surface area (Å²) in [5.41, 5.74) is 11.3. The third-order valence-electron chi connectivity index (χ3n) is 7.13. The third-order valence-corrected chi connectivity index (χ3v) is 7.13. The van der Waals surface area contributed by atoms with Crippen LogP contribution in [0.1, 0.15) is 0 Å². The van der Waals surface area contributed by atoms with Crippen molar-refractivity contribution in [3.05, 3.63) is 116 Å². The highest BCUT2D eigenvalue weighted by atomic mass is 16.3. The summed E-state index contributed by atoms with van der Waals surface area (Å²) in [6, 6.07) is 31.4. The van der Waals surface area contributed by atoms with Crippen LogP contribution in [0.2, 0.25) is 0 Å². The summed E-state index contributed by atoms with van der Waals surface area (Å²) in [7, 11) is 0. The Balaban J connectivity index is 1.47. The molecule has 0 amide bonds. The molecule has 0 saturated carbocycles. The van der Waals surface area contributed by atoms with Gasteiger partial charge in [-0.1, -0.05) is 66.7 Å². The second-order valence-corrected chi connectivity index (χ2v) is 9.09. The van der Waals surface area contributed by atoms with Gasteiger partial charge >= 0.3 is 0 Å². The standard InChI is InChI=1S/C32H19N3O/c1-2-9-21-20(8-1)23-12-6-16-33-30(23)31-24(13-7-17-34-31)27-19-35(18-26(21)27)28-14-5-11-25-22-10-3-4-15-29(22)36-32(25)28/h1-19H. The van der Waals surface area contributed by atoms with Gasteiger partial charge in [0.1, 0.15) is 5.58 Å². The van der Waals surface area contributed by atoms with Crippen LogP contribution in [0.3, 0.4) is 0 Å². The molecule has 0 bridgehead atoms. The molecule has 36 heavy (non-hydrogen) atoms. The van der Waals surface area contributed by atoms with Crippen LogP contribution in [0.5, 0.6) is 0 Å². The van der Waals surface area contributed by atoms with Crippen molar-refractivity contribution in [3.63, 3.8) is 0 Å². The maximum absolute atomic E-state index is 6.37. The van der Waals surface area contributed by atoms with Gasteiger partial charge in [-0.15, -0.1) is 0 Å². The SMILES string of the molecule is c1ccc2c(c1)-c1cn(-c3cccc4c3oc3ccccc34)cc1-c1cccnc1-c1ncccc1-2. The number of nitrogens with zero attached hydrogens (tertiary/aromatic N) is 3.